The highest BCUT2D eigenvalue weighted by Crippen LogP contribution is 2.22. The molecule has 1 N–H and O–H groups in total. The van der Waals surface area contributed by atoms with Crippen molar-refractivity contribution in [1.29, 1.82) is 0 Å². The Morgan fingerprint density at radius 2 is 2.20 bits per heavy atom. The van der Waals surface area contributed by atoms with Crippen LogP contribution in [0.3, 0.4) is 0 Å². The normalized spacial score (nSPS) is 10.5. The standard InChI is InChI=1S/C11H11FN2O/c1-13-7-11-14-6-10(15-11)8-4-2-3-5-9(8)12/h2-6,13H,7H2,1H3. The second-order valence-electron chi connectivity index (χ2n) is 3.13. The minimum absolute atomic E-state index is 0.301. The number of oxazole rings is 1. The van der Waals surface area contributed by atoms with Crippen molar-refractivity contribution in [3.05, 3.63) is 42.2 Å². The van der Waals surface area contributed by atoms with Crippen LogP contribution in [-0.2, 0) is 6.54 Å². The molecule has 4 heteroatoms. The first-order chi connectivity index (χ1) is 7.31. The van der Waals surface area contributed by atoms with Gasteiger partial charge in [-0.3, -0.25) is 0 Å². The monoisotopic (exact) mass is 206 g/mol. The van der Waals surface area contributed by atoms with Crippen LogP contribution in [0.25, 0.3) is 11.3 Å². The average molecular weight is 206 g/mol. The molecule has 0 bridgehead atoms. The SMILES string of the molecule is CNCc1ncc(-c2ccccc2F)o1. The number of halogens is 1. The van der Waals surface area contributed by atoms with Crippen LogP contribution >= 0.6 is 0 Å². The van der Waals surface area contributed by atoms with Crippen molar-refractivity contribution in [2.45, 2.75) is 6.54 Å². The number of aromatic nitrogens is 1. The third-order valence-corrected chi connectivity index (χ3v) is 2.02. The molecule has 0 aliphatic rings. The van der Waals surface area contributed by atoms with E-state index in [2.05, 4.69) is 10.3 Å². The van der Waals surface area contributed by atoms with Gasteiger partial charge in [0, 0.05) is 0 Å². The van der Waals surface area contributed by atoms with Crippen LogP contribution in [0, 0.1) is 5.82 Å². The van der Waals surface area contributed by atoms with Gasteiger partial charge in [-0.15, -0.1) is 0 Å². The Labute approximate surface area is 86.9 Å². The Kier molecular flexibility index (Phi) is 2.78. The molecule has 0 atom stereocenters. The third kappa shape index (κ3) is 2.05. The zero-order valence-electron chi connectivity index (χ0n) is 8.33. The minimum Gasteiger partial charge on any atom is -0.439 e. The maximum absolute atomic E-state index is 13.4. The van der Waals surface area contributed by atoms with Crippen molar-refractivity contribution in [2.24, 2.45) is 0 Å². The van der Waals surface area contributed by atoms with Crippen molar-refractivity contribution in [3.8, 4) is 11.3 Å². The van der Waals surface area contributed by atoms with Gasteiger partial charge in [0.25, 0.3) is 0 Å². The lowest BCUT2D eigenvalue weighted by Gasteiger charge is -1.97. The molecule has 1 aromatic carbocycles. The highest BCUT2D eigenvalue weighted by atomic mass is 19.1. The second kappa shape index (κ2) is 4.23. The number of hydrogen-bond donors (Lipinski definition) is 1. The first-order valence-electron chi connectivity index (χ1n) is 4.65. The number of nitrogens with zero attached hydrogens (tertiary/aromatic N) is 1. The summed E-state index contributed by atoms with van der Waals surface area (Å²) in [6.45, 7) is 0.536. The molecule has 0 spiro atoms. The van der Waals surface area contributed by atoms with E-state index < -0.39 is 0 Å². The fourth-order valence-electron chi connectivity index (χ4n) is 1.33. The quantitative estimate of drug-likeness (QED) is 0.836. The fraction of sp³-hybridized carbons (Fsp3) is 0.182. The van der Waals surface area contributed by atoms with Gasteiger partial charge in [-0.1, -0.05) is 12.1 Å². The van der Waals surface area contributed by atoms with Crippen LogP contribution < -0.4 is 5.32 Å². The third-order valence-electron chi connectivity index (χ3n) is 2.02. The van der Waals surface area contributed by atoms with Crippen LogP contribution in [0.4, 0.5) is 4.39 Å². The molecule has 0 unspecified atom stereocenters. The summed E-state index contributed by atoms with van der Waals surface area (Å²) in [7, 11) is 1.80. The summed E-state index contributed by atoms with van der Waals surface area (Å²) in [6, 6.07) is 6.47. The Morgan fingerprint density at radius 1 is 1.40 bits per heavy atom. The molecule has 2 aromatic rings. The fourth-order valence-corrected chi connectivity index (χ4v) is 1.33. The Balaban J connectivity index is 2.33. The van der Waals surface area contributed by atoms with Gasteiger partial charge in [0.15, 0.2) is 5.76 Å². The first-order valence-corrected chi connectivity index (χ1v) is 4.65. The van der Waals surface area contributed by atoms with E-state index in [4.69, 9.17) is 4.42 Å². The van der Waals surface area contributed by atoms with Gasteiger partial charge in [-0.25, -0.2) is 9.37 Å². The van der Waals surface area contributed by atoms with E-state index in [0.29, 0.717) is 23.8 Å². The summed E-state index contributed by atoms with van der Waals surface area (Å²) in [4.78, 5) is 4.03. The van der Waals surface area contributed by atoms with E-state index in [0.717, 1.165) is 0 Å². The van der Waals surface area contributed by atoms with E-state index in [1.807, 2.05) is 0 Å². The molecular formula is C11H11FN2O. The van der Waals surface area contributed by atoms with Gasteiger partial charge in [0.05, 0.1) is 18.3 Å². The molecule has 0 aliphatic carbocycles. The molecule has 0 radical (unpaired) electrons. The Bertz CT molecular complexity index is 453. The number of benzene rings is 1. The van der Waals surface area contributed by atoms with E-state index in [1.165, 1.54) is 12.3 Å². The lowest BCUT2D eigenvalue weighted by molar-refractivity contribution is 0.488. The molecule has 0 fully saturated rings. The van der Waals surface area contributed by atoms with Gasteiger partial charge < -0.3 is 9.73 Å². The van der Waals surface area contributed by atoms with Crippen LogP contribution in [0.5, 0.6) is 0 Å². The predicted molar refractivity (Wildman–Crippen MR) is 54.7 cm³/mol. The smallest absolute Gasteiger partial charge is 0.208 e. The summed E-state index contributed by atoms with van der Waals surface area (Å²) in [5, 5.41) is 2.91. The predicted octanol–water partition coefficient (Wildman–Crippen LogP) is 2.20. The van der Waals surface area contributed by atoms with Crippen molar-refractivity contribution in [3.63, 3.8) is 0 Å². The van der Waals surface area contributed by atoms with E-state index in [1.54, 1.807) is 25.2 Å². The molecule has 0 amide bonds. The number of hydrogen-bond acceptors (Lipinski definition) is 3. The average Bonchev–Trinajstić information content (AvgIpc) is 2.68. The summed E-state index contributed by atoms with van der Waals surface area (Å²) in [5.74, 6) is 0.707. The molecule has 0 saturated heterocycles. The number of nitrogens with one attached hydrogen (secondary N) is 1. The number of rotatable bonds is 3. The first kappa shape index (κ1) is 9.86. The summed E-state index contributed by atoms with van der Waals surface area (Å²) in [5.41, 5.74) is 0.437. The van der Waals surface area contributed by atoms with Gasteiger partial charge >= 0.3 is 0 Å². The molecular weight excluding hydrogens is 195 g/mol. The summed E-state index contributed by atoms with van der Waals surface area (Å²) >= 11 is 0. The highest BCUT2D eigenvalue weighted by molar-refractivity contribution is 5.56. The molecule has 1 aromatic heterocycles. The van der Waals surface area contributed by atoms with Gasteiger partial charge in [-0.2, -0.15) is 0 Å². The maximum atomic E-state index is 13.4. The topological polar surface area (TPSA) is 38.1 Å². The molecule has 1 heterocycles. The lowest BCUT2D eigenvalue weighted by Crippen LogP contribution is -2.04. The van der Waals surface area contributed by atoms with Gasteiger partial charge in [0.1, 0.15) is 5.82 Å². The lowest BCUT2D eigenvalue weighted by atomic mass is 10.2. The van der Waals surface area contributed by atoms with E-state index >= 15 is 0 Å². The van der Waals surface area contributed by atoms with Crippen molar-refractivity contribution in [1.82, 2.24) is 10.3 Å². The highest BCUT2D eigenvalue weighted by Gasteiger charge is 2.09. The van der Waals surface area contributed by atoms with Crippen molar-refractivity contribution >= 4 is 0 Å². The molecule has 78 valence electrons. The molecule has 15 heavy (non-hydrogen) atoms. The van der Waals surface area contributed by atoms with Gasteiger partial charge in [-0.05, 0) is 19.2 Å². The Hall–Kier alpha value is -1.68. The molecule has 0 aliphatic heterocycles. The minimum atomic E-state index is -0.301. The largest absolute Gasteiger partial charge is 0.439 e. The second-order valence-corrected chi connectivity index (χ2v) is 3.13. The summed E-state index contributed by atoms with van der Waals surface area (Å²) in [6.07, 6.45) is 1.53. The van der Waals surface area contributed by atoms with Gasteiger partial charge in [0.2, 0.25) is 5.89 Å². The molecule has 3 nitrogen and oxygen atoms in total. The van der Waals surface area contributed by atoms with Crippen LogP contribution in [0.1, 0.15) is 5.89 Å². The van der Waals surface area contributed by atoms with E-state index in [9.17, 15) is 4.39 Å². The van der Waals surface area contributed by atoms with E-state index in [-0.39, 0.29) is 5.82 Å². The Morgan fingerprint density at radius 3 is 2.93 bits per heavy atom. The summed E-state index contributed by atoms with van der Waals surface area (Å²) < 4.78 is 18.7. The zero-order valence-corrected chi connectivity index (χ0v) is 8.33. The van der Waals surface area contributed by atoms with Crippen molar-refractivity contribution < 1.29 is 8.81 Å². The van der Waals surface area contributed by atoms with Crippen LogP contribution in [0.2, 0.25) is 0 Å². The molecule has 2 rings (SSSR count). The maximum Gasteiger partial charge on any atom is 0.208 e. The van der Waals surface area contributed by atoms with Crippen LogP contribution in [0.15, 0.2) is 34.9 Å². The van der Waals surface area contributed by atoms with Crippen molar-refractivity contribution in [2.75, 3.05) is 7.05 Å². The molecule has 0 saturated carbocycles. The zero-order chi connectivity index (χ0) is 10.7. The van der Waals surface area contributed by atoms with Crippen LogP contribution in [-0.4, -0.2) is 12.0 Å².